The molecule has 1 unspecified atom stereocenters. The Bertz CT molecular complexity index is 625. The maximum atomic E-state index is 12.4. The summed E-state index contributed by atoms with van der Waals surface area (Å²) in [5.41, 5.74) is 2.22. The number of nitrogens with zero attached hydrogens (tertiary/aromatic N) is 1. The molecule has 2 rings (SSSR count). The number of amides is 2. The number of fused-ring (bicyclic) bond motifs is 1. The molecule has 1 aromatic rings. The van der Waals surface area contributed by atoms with Crippen LogP contribution in [0.1, 0.15) is 40.0 Å². The van der Waals surface area contributed by atoms with Gasteiger partial charge in [0.1, 0.15) is 5.75 Å². The van der Waals surface area contributed by atoms with E-state index in [2.05, 4.69) is 11.9 Å². The van der Waals surface area contributed by atoms with Gasteiger partial charge in [0, 0.05) is 18.7 Å². The third-order valence-corrected chi connectivity index (χ3v) is 3.64. The van der Waals surface area contributed by atoms with Crippen molar-refractivity contribution < 1.29 is 14.3 Å². The van der Waals surface area contributed by atoms with Gasteiger partial charge in [-0.1, -0.05) is 25.5 Å². The summed E-state index contributed by atoms with van der Waals surface area (Å²) in [4.78, 5) is 25.9. The van der Waals surface area contributed by atoms with Crippen molar-refractivity contribution in [3.63, 3.8) is 0 Å². The fraction of sp³-hybridized carbons (Fsp3) is 0.444. The molecule has 1 aliphatic rings. The van der Waals surface area contributed by atoms with Gasteiger partial charge in [0.25, 0.3) is 5.91 Å². The van der Waals surface area contributed by atoms with Crippen LogP contribution in [0, 0.1) is 0 Å². The molecule has 1 aromatic carbocycles. The van der Waals surface area contributed by atoms with E-state index in [1.165, 1.54) is 0 Å². The third kappa shape index (κ3) is 4.12. The highest BCUT2D eigenvalue weighted by Gasteiger charge is 2.31. The topological polar surface area (TPSA) is 58.6 Å². The second-order valence-electron chi connectivity index (χ2n) is 5.98. The fourth-order valence-electron chi connectivity index (χ4n) is 2.48. The molecule has 0 radical (unpaired) electrons. The predicted octanol–water partition coefficient (Wildman–Crippen LogP) is 3.51. The number of carbonyl (C=O) groups excluding carboxylic acids is 2. The first-order valence-corrected chi connectivity index (χ1v) is 7.98. The standard InChI is InChI=1S/C18H24N2O3/c1-5-6-7-17(21)19-14-8-9-16-15(10-14)20(11-12(2)3)18(22)13(4)23-16/h8-10,13H,2,5-7,11H2,1,3-4H3,(H,19,21). The normalized spacial score (nSPS) is 16.6. The summed E-state index contributed by atoms with van der Waals surface area (Å²) in [7, 11) is 0. The van der Waals surface area contributed by atoms with E-state index >= 15 is 0 Å². The molecule has 5 heteroatoms. The third-order valence-electron chi connectivity index (χ3n) is 3.64. The molecule has 23 heavy (non-hydrogen) atoms. The molecule has 0 fully saturated rings. The molecular formula is C18H24N2O3. The van der Waals surface area contributed by atoms with Crippen LogP contribution in [-0.2, 0) is 9.59 Å². The molecule has 5 nitrogen and oxygen atoms in total. The van der Waals surface area contributed by atoms with Crippen molar-refractivity contribution in [1.82, 2.24) is 0 Å². The largest absolute Gasteiger partial charge is 0.479 e. The van der Waals surface area contributed by atoms with Gasteiger partial charge in [-0.25, -0.2) is 0 Å². The van der Waals surface area contributed by atoms with E-state index in [-0.39, 0.29) is 11.8 Å². The second-order valence-corrected chi connectivity index (χ2v) is 5.98. The predicted molar refractivity (Wildman–Crippen MR) is 91.9 cm³/mol. The lowest BCUT2D eigenvalue weighted by molar-refractivity contribution is -0.125. The number of hydrogen-bond donors (Lipinski definition) is 1. The second kappa shape index (κ2) is 7.31. The lowest BCUT2D eigenvalue weighted by Gasteiger charge is -2.33. The van der Waals surface area contributed by atoms with Crippen molar-refractivity contribution in [2.75, 3.05) is 16.8 Å². The minimum Gasteiger partial charge on any atom is -0.479 e. The van der Waals surface area contributed by atoms with Gasteiger partial charge >= 0.3 is 0 Å². The number of nitrogens with one attached hydrogen (secondary N) is 1. The van der Waals surface area contributed by atoms with Gasteiger partial charge in [-0.15, -0.1) is 0 Å². The minimum atomic E-state index is -0.521. The van der Waals surface area contributed by atoms with Gasteiger partial charge in [-0.2, -0.15) is 0 Å². The number of hydrogen-bond acceptors (Lipinski definition) is 3. The Kier molecular flexibility index (Phi) is 5.42. The molecule has 0 saturated heterocycles. The van der Waals surface area contributed by atoms with Crippen LogP contribution in [-0.4, -0.2) is 24.5 Å². The van der Waals surface area contributed by atoms with Crippen LogP contribution >= 0.6 is 0 Å². The van der Waals surface area contributed by atoms with Crippen LogP contribution in [0.5, 0.6) is 5.75 Å². The summed E-state index contributed by atoms with van der Waals surface area (Å²) in [5.74, 6) is 0.523. The molecule has 0 aliphatic carbocycles. The quantitative estimate of drug-likeness (QED) is 0.817. The lowest BCUT2D eigenvalue weighted by atomic mass is 10.1. The Morgan fingerprint density at radius 1 is 1.43 bits per heavy atom. The van der Waals surface area contributed by atoms with Gasteiger partial charge in [0.2, 0.25) is 5.91 Å². The van der Waals surface area contributed by atoms with Crippen molar-refractivity contribution in [2.24, 2.45) is 0 Å². The maximum absolute atomic E-state index is 12.4. The zero-order valence-electron chi connectivity index (χ0n) is 14.0. The summed E-state index contributed by atoms with van der Waals surface area (Å²) < 4.78 is 5.65. The lowest BCUT2D eigenvalue weighted by Crippen LogP contribution is -2.45. The first-order chi connectivity index (χ1) is 10.9. The number of benzene rings is 1. The summed E-state index contributed by atoms with van der Waals surface area (Å²) in [6, 6.07) is 5.37. The smallest absolute Gasteiger partial charge is 0.268 e. The van der Waals surface area contributed by atoms with Gasteiger partial charge < -0.3 is 15.0 Å². The van der Waals surface area contributed by atoms with Gasteiger partial charge in [0.05, 0.1) is 5.69 Å². The number of rotatable bonds is 6. The zero-order valence-corrected chi connectivity index (χ0v) is 14.0. The van der Waals surface area contributed by atoms with E-state index in [1.807, 2.05) is 13.8 Å². The van der Waals surface area contributed by atoms with Crippen molar-refractivity contribution in [1.29, 1.82) is 0 Å². The molecule has 124 valence electrons. The molecule has 1 N–H and O–H groups in total. The maximum Gasteiger partial charge on any atom is 0.268 e. The number of carbonyl (C=O) groups is 2. The highest BCUT2D eigenvalue weighted by atomic mass is 16.5. The molecule has 0 aromatic heterocycles. The van der Waals surface area contributed by atoms with Crippen LogP contribution in [0.2, 0.25) is 0 Å². The molecule has 0 bridgehead atoms. The van der Waals surface area contributed by atoms with E-state index in [4.69, 9.17) is 4.74 Å². The van der Waals surface area contributed by atoms with Crippen LogP contribution in [0.4, 0.5) is 11.4 Å². The molecule has 0 spiro atoms. The summed E-state index contributed by atoms with van der Waals surface area (Å²) in [5, 5.41) is 2.87. The van der Waals surface area contributed by atoms with E-state index in [0.29, 0.717) is 30.1 Å². The Morgan fingerprint density at radius 2 is 2.17 bits per heavy atom. The highest BCUT2D eigenvalue weighted by molar-refractivity contribution is 6.01. The Hall–Kier alpha value is -2.30. The van der Waals surface area contributed by atoms with Crippen molar-refractivity contribution in [2.45, 2.75) is 46.1 Å². The Labute approximate surface area is 137 Å². The van der Waals surface area contributed by atoms with Crippen LogP contribution < -0.4 is 15.0 Å². The van der Waals surface area contributed by atoms with Crippen LogP contribution in [0.3, 0.4) is 0 Å². The highest BCUT2D eigenvalue weighted by Crippen LogP contribution is 2.36. The van der Waals surface area contributed by atoms with Gasteiger partial charge in [-0.3, -0.25) is 9.59 Å². The van der Waals surface area contributed by atoms with Crippen LogP contribution in [0.15, 0.2) is 30.4 Å². The first kappa shape index (κ1) is 17.1. The van der Waals surface area contributed by atoms with Gasteiger partial charge in [-0.05, 0) is 38.5 Å². The zero-order chi connectivity index (χ0) is 17.0. The van der Waals surface area contributed by atoms with Gasteiger partial charge in [0.15, 0.2) is 6.10 Å². The molecular weight excluding hydrogens is 292 g/mol. The summed E-state index contributed by atoms with van der Waals surface area (Å²) >= 11 is 0. The van der Waals surface area contributed by atoms with Crippen molar-refractivity contribution in [3.05, 3.63) is 30.4 Å². The first-order valence-electron chi connectivity index (χ1n) is 7.98. The molecule has 0 saturated carbocycles. The van der Waals surface area contributed by atoms with Crippen LogP contribution in [0.25, 0.3) is 0 Å². The van der Waals surface area contributed by atoms with Crippen molar-refractivity contribution in [3.8, 4) is 5.75 Å². The van der Waals surface area contributed by atoms with E-state index in [1.54, 1.807) is 30.0 Å². The molecule has 2 amide bonds. The number of anilines is 2. The summed E-state index contributed by atoms with van der Waals surface area (Å²) in [6.45, 7) is 9.98. The van der Waals surface area contributed by atoms with E-state index < -0.39 is 6.10 Å². The number of unbranched alkanes of at least 4 members (excludes halogenated alkanes) is 1. The Balaban J connectivity index is 2.25. The average molecular weight is 316 g/mol. The molecule has 1 aliphatic heterocycles. The van der Waals surface area contributed by atoms with E-state index in [9.17, 15) is 9.59 Å². The monoisotopic (exact) mass is 316 g/mol. The van der Waals surface area contributed by atoms with E-state index in [0.717, 1.165) is 18.4 Å². The fourth-order valence-corrected chi connectivity index (χ4v) is 2.48. The molecule has 1 atom stereocenters. The summed E-state index contributed by atoms with van der Waals surface area (Å²) in [6.07, 6.45) is 1.81. The number of ether oxygens (including phenoxy) is 1. The van der Waals surface area contributed by atoms with Crippen molar-refractivity contribution >= 4 is 23.2 Å². The Morgan fingerprint density at radius 3 is 2.83 bits per heavy atom. The molecule has 1 heterocycles. The average Bonchev–Trinajstić information content (AvgIpc) is 2.50. The minimum absolute atomic E-state index is 0.0188. The SMILES string of the molecule is C=C(C)CN1C(=O)C(C)Oc2ccc(NC(=O)CCCC)cc21.